The summed E-state index contributed by atoms with van der Waals surface area (Å²) in [6.45, 7) is 6.39. The molecule has 1 saturated heterocycles. The number of hydrogen-bond donors (Lipinski definition) is 3. The van der Waals surface area contributed by atoms with Crippen molar-refractivity contribution in [3.63, 3.8) is 0 Å². The Hall–Kier alpha value is -3.76. The van der Waals surface area contributed by atoms with Gasteiger partial charge < -0.3 is 15.5 Å². The molecule has 2 aliphatic heterocycles. The van der Waals surface area contributed by atoms with Gasteiger partial charge in [-0.2, -0.15) is 13.2 Å². The third kappa shape index (κ3) is 5.65. The van der Waals surface area contributed by atoms with Crippen molar-refractivity contribution in [2.75, 3.05) is 23.3 Å². The SMILES string of the molecule is Cc1nc(Nc2cccc(N3CCNC3=O)n2)sc1-c1cc2c(c(S(=O)(=O)NC(C)C)c1)C(=O)N([C@@H](C)C(F)(F)F)C2. The molecule has 4 heterocycles. The molecule has 2 aliphatic rings. The molecule has 0 aliphatic carbocycles. The van der Waals surface area contributed by atoms with Crippen LogP contribution in [0.1, 0.15) is 42.4 Å². The number of alkyl halides is 3. The maximum atomic E-state index is 13.5. The van der Waals surface area contributed by atoms with Crippen LogP contribution in [0.3, 0.4) is 0 Å². The number of fused-ring (bicyclic) bond motifs is 1. The Balaban J connectivity index is 1.53. The summed E-state index contributed by atoms with van der Waals surface area (Å²) >= 11 is 1.19. The number of amides is 3. The molecule has 0 unspecified atom stereocenters. The molecule has 224 valence electrons. The molecule has 16 heteroatoms. The van der Waals surface area contributed by atoms with Gasteiger partial charge in [0.25, 0.3) is 5.91 Å². The van der Waals surface area contributed by atoms with Gasteiger partial charge in [0.2, 0.25) is 10.0 Å². The Morgan fingerprint density at radius 2 is 1.86 bits per heavy atom. The summed E-state index contributed by atoms with van der Waals surface area (Å²) in [6.07, 6.45) is -4.69. The fourth-order valence-electron chi connectivity index (χ4n) is 4.81. The number of carbonyl (C=O) groups excluding carboxylic acids is 2. The molecular weight excluding hydrogens is 595 g/mol. The van der Waals surface area contributed by atoms with Gasteiger partial charge in [-0.3, -0.25) is 9.69 Å². The predicted molar refractivity (Wildman–Crippen MR) is 151 cm³/mol. The van der Waals surface area contributed by atoms with Crippen LogP contribution >= 0.6 is 11.3 Å². The van der Waals surface area contributed by atoms with Crippen molar-refractivity contribution in [2.45, 2.75) is 57.4 Å². The summed E-state index contributed by atoms with van der Waals surface area (Å²) < 4.78 is 69.7. The van der Waals surface area contributed by atoms with E-state index in [-0.39, 0.29) is 22.1 Å². The largest absolute Gasteiger partial charge is 0.408 e. The first kappa shape index (κ1) is 29.7. The number of nitrogens with zero attached hydrogens (tertiary/aromatic N) is 4. The van der Waals surface area contributed by atoms with Gasteiger partial charge in [-0.15, -0.1) is 0 Å². The lowest BCUT2D eigenvalue weighted by atomic mass is 10.0. The van der Waals surface area contributed by atoms with Crippen molar-refractivity contribution in [2.24, 2.45) is 0 Å². The second-order valence-electron chi connectivity index (χ2n) is 10.3. The van der Waals surface area contributed by atoms with Crippen molar-refractivity contribution in [1.82, 2.24) is 24.9 Å². The van der Waals surface area contributed by atoms with Crippen molar-refractivity contribution in [1.29, 1.82) is 0 Å². The molecule has 2 aromatic heterocycles. The third-order valence-corrected chi connectivity index (χ3v) is 9.59. The first-order valence-corrected chi connectivity index (χ1v) is 15.3. The predicted octanol–water partition coefficient (Wildman–Crippen LogP) is 4.38. The van der Waals surface area contributed by atoms with E-state index >= 15 is 0 Å². The lowest BCUT2D eigenvalue weighted by Crippen LogP contribution is -2.43. The molecule has 3 aromatic rings. The van der Waals surface area contributed by atoms with E-state index < -0.39 is 40.7 Å². The average Bonchev–Trinajstić information content (AvgIpc) is 3.58. The van der Waals surface area contributed by atoms with Crippen molar-refractivity contribution < 1.29 is 31.2 Å². The minimum Gasteiger partial charge on any atom is -0.336 e. The van der Waals surface area contributed by atoms with Crippen LogP contribution in [0.5, 0.6) is 0 Å². The zero-order valence-corrected chi connectivity index (χ0v) is 24.7. The zero-order chi connectivity index (χ0) is 30.6. The molecule has 3 N–H and O–H groups in total. The Morgan fingerprint density at radius 1 is 1.12 bits per heavy atom. The lowest BCUT2D eigenvalue weighted by Gasteiger charge is -2.26. The molecule has 11 nitrogen and oxygen atoms in total. The topological polar surface area (TPSA) is 137 Å². The van der Waals surface area contributed by atoms with Crippen LogP contribution in [-0.4, -0.2) is 66.6 Å². The van der Waals surface area contributed by atoms with Crippen molar-refractivity contribution in [3.8, 4) is 10.4 Å². The number of hydrogen-bond acceptors (Lipinski definition) is 8. The van der Waals surface area contributed by atoms with E-state index in [2.05, 4.69) is 25.3 Å². The second-order valence-corrected chi connectivity index (χ2v) is 12.9. The maximum Gasteiger partial charge on any atom is 0.408 e. The number of pyridine rings is 1. The minimum absolute atomic E-state index is 0.179. The van der Waals surface area contributed by atoms with Crippen LogP contribution in [0.4, 0.5) is 34.7 Å². The number of anilines is 3. The van der Waals surface area contributed by atoms with Gasteiger partial charge in [-0.1, -0.05) is 17.4 Å². The highest BCUT2D eigenvalue weighted by Gasteiger charge is 2.46. The van der Waals surface area contributed by atoms with E-state index in [0.29, 0.717) is 50.9 Å². The number of carbonyl (C=O) groups is 2. The van der Waals surface area contributed by atoms with Crippen LogP contribution < -0.4 is 20.3 Å². The highest BCUT2D eigenvalue weighted by molar-refractivity contribution is 7.89. The van der Waals surface area contributed by atoms with E-state index in [1.807, 2.05) is 0 Å². The fraction of sp³-hybridized carbons (Fsp3) is 0.385. The number of urea groups is 1. The summed E-state index contributed by atoms with van der Waals surface area (Å²) in [5, 5.41) is 6.24. The minimum atomic E-state index is -4.69. The number of aromatic nitrogens is 2. The summed E-state index contributed by atoms with van der Waals surface area (Å²) in [5.74, 6) is -0.114. The van der Waals surface area contributed by atoms with Gasteiger partial charge in [-0.05, 0) is 63.1 Å². The molecule has 3 amide bonds. The normalized spacial score (nSPS) is 16.3. The summed E-state index contributed by atoms with van der Waals surface area (Å²) in [7, 11) is -4.26. The van der Waals surface area contributed by atoms with E-state index in [4.69, 9.17) is 0 Å². The van der Waals surface area contributed by atoms with E-state index in [1.54, 1.807) is 45.0 Å². The summed E-state index contributed by atoms with van der Waals surface area (Å²) in [6, 6.07) is 5.12. The van der Waals surface area contributed by atoms with Gasteiger partial charge in [0.05, 0.1) is 21.0 Å². The quantitative estimate of drug-likeness (QED) is 0.339. The van der Waals surface area contributed by atoms with Crippen LogP contribution in [0.15, 0.2) is 35.2 Å². The molecule has 0 bridgehead atoms. The molecule has 5 rings (SSSR count). The lowest BCUT2D eigenvalue weighted by molar-refractivity contribution is -0.172. The third-order valence-electron chi connectivity index (χ3n) is 6.78. The highest BCUT2D eigenvalue weighted by Crippen LogP contribution is 2.41. The monoisotopic (exact) mass is 623 g/mol. The Labute approximate surface area is 244 Å². The Kier molecular flexibility index (Phi) is 7.66. The molecule has 1 atom stereocenters. The summed E-state index contributed by atoms with van der Waals surface area (Å²) in [4.78, 5) is 36.5. The first-order chi connectivity index (χ1) is 19.7. The van der Waals surface area contributed by atoms with Crippen LogP contribution in [-0.2, 0) is 16.6 Å². The van der Waals surface area contributed by atoms with Crippen molar-refractivity contribution >= 4 is 50.1 Å². The number of sulfonamides is 1. The fourth-order valence-corrected chi connectivity index (χ4v) is 7.28. The zero-order valence-electron chi connectivity index (χ0n) is 23.0. The molecule has 0 radical (unpaired) electrons. The first-order valence-electron chi connectivity index (χ1n) is 13.0. The van der Waals surface area contributed by atoms with Crippen molar-refractivity contribution in [3.05, 3.63) is 47.2 Å². The van der Waals surface area contributed by atoms with Gasteiger partial charge in [-0.25, -0.2) is 27.9 Å². The molecule has 1 aromatic carbocycles. The Bertz CT molecular complexity index is 1670. The average molecular weight is 624 g/mol. The van der Waals surface area contributed by atoms with Gasteiger partial charge in [0.1, 0.15) is 17.7 Å². The molecular formula is C26H28F3N7O4S2. The van der Waals surface area contributed by atoms with Crippen LogP contribution in [0.2, 0.25) is 0 Å². The number of nitrogens with one attached hydrogen (secondary N) is 3. The number of thiazole rings is 1. The number of aryl methyl sites for hydroxylation is 1. The maximum absolute atomic E-state index is 13.5. The van der Waals surface area contributed by atoms with E-state index in [0.717, 1.165) is 6.92 Å². The number of rotatable bonds is 8. The Morgan fingerprint density at radius 3 is 2.50 bits per heavy atom. The smallest absolute Gasteiger partial charge is 0.336 e. The molecule has 42 heavy (non-hydrogen) atoms. The van der Waals surface area contributed by atoms with Gasteiger partial charge >= 0.3 is 12.2 Å². The highest BCUT2D eigenvalue weighted by atomic mass is 32.2. The van der Waals surface area contributed by atoms with Gasteiger partial charge in [0, 0.05) is 25.7 Å². The molecule has 0 saturated carbocycles. The van der Waals surface area contributed by atoms with Gasteiger partial charge in [0.15, 0.2) is 5.13 Å². The van der Waals surface area contributed by atoms with Crippen LogP contribution in [0.25, 0.3) is 10.4 Å². The van der Waals surface area contributed by atoms with E-state index in [9.17, 15) is 31.2 Å². The number of halogens is 3. The van der Waals surface area contributed by atoms with E-state index in [1.165, 1.54) is 22.3 Å². The number of benzene rings is 1. The molecule has 0 spiro atoms. The second kappa shape index (κ2) is 10.8. The van der Waals surface area contributed by atoms with Crippen LogP contribution in [0, 0.1) is 6.92 Å². The summed E-state index contributed by atoms with van der Waals surface area (Å²) in [5.41, 5.74) is 0.835. The standard InChI is InChI=1S/C26H28F3N7O4S2/c1-13(2)34-42(39,40)18-11-16(10-17-12-36(23(37)21(17)18)15(4)26(27,28)29)22-14(3)31-24(41-22)33-19-6-5-7-20(32-19)35-9-8-30-25(35)38/h5-7,10-11,13,15,34H,8-9,12H2,1-4H3,(H,30,38)(H,31,32,33)/t15-/m0/s1. The molecule has 1 fully saturated rings.